The molecule has 0 aliphatic carbocycles. The van der Waals surface area contributed by atoms with E-state index in [1.54, 1.807) is 18.3 Å². The van der Waals surface area contributed by atoms with Gasteiger partial charge < -0.3 is 5.32 Å². The number of aromatic nitrogens is 1. The Morgan fingerprint density at radius 3 is 3.06 bits per heavy atom. The van der Waals surface area contributed by atoms with Gasteiger partial charge in [0.15, 0.2) is 5.13 Å². The molecule has 1 heterocycles. The van der Waals surface area contributed by atoms with Gasteiger partial charge in [-0.25, -0.2) is 9.37 Å². The van der Waals surface area contributed by atoms with Crippen LogP contribution in [-0.2, 0) is 0 Å². The Labute approximate surface area is 106 Å². The molecule has 2 rings (SSSR count). The second-order valence-corrected chi connectivity index (χ2v) is 5.13. The van der Waals surface area contributed by atoms with Crippen LogP contribution in [-0.4, -0.2) is 11.5 Å². The van der Waals surface area contributed by atoms with E-state index in [0.29, 0.717) is 5.56 Å². The van der Waals surface area contributed by atoms with Crippen molar-refractivity contribution in [3.63, 3.8) is 0 Å². The number of hydrogen-bond donors (Lipinski definition) is 1. The summed E-state index contributed by atoms with van der Waals surface area (Å²) < 4.78 is 14.5. The van der Waals surface area contributed by atoms with Gasteiger partial charge in [0.25, 0.3) is 0 Å². The molecule has 0 atom stereocenters. The van der Waals surface area contributed by atoms with Crippen molar-refractivity contribution in [3.05, 3.63) is 34.7 Å². The van der Waals surface area contributed by atoms with Crippen LogP contribution >= 0.6 is 27.3 Å². The third kappa shape index (κ3) is 2.41. The number of halogens is 2. The number of benzene rings is 1. The fraction of sp³-hybridized carbons (Fsp3) is 0.182. The second kappa shape index (κ2) is 4.93. The minimum absolute atomic E-state index is 0.227. The summed E-state index contributed by atoms with van der Waals surface area (Å²) in [5.74, 6) is -0.227. The summed E-state index contributed by atoms with van der Waals surface area (Å²) >= 11 is 4.78. The largest absolute Gasteiger partial charge is 0.362 e. The topological polar surface area (TPSA) is 24.9 Å². The highest BCUT2D eigenvalue weighted by atomic mass is 79.9. The summed E-state index contributed by atoms with van der Waals surface area (Å²) in [6.07, 6.45) is 1.69. The third-order valence-corrected chi connectivity index (χ3v) is 3.51. The van der Waals surface area contributed by atoms with Gasteiger partial charge in [0, 0.05) is 22.8 Å². The molecule has 0 aliphatic rings. The van der Waals surface area contributed by atoms with Crippen molar-refractivity contribution in [3.8, 4) is 10.4 Å². The quantitative estimate of drug-likeness (QED) is 0.921. The van der Waals surface area contributed by atoms with Gasteiger partial charge in [-0.1, -0.05) is 27.3 Å². The molecule has 0 unspecified atom stereocenters. The average molecular weight is 301 g/mol. The van der Waals surface area contributed by atoms with Gasteiger partial charge in [0.05, 0.1) is 4.88 Å². The Balaban J connectivity index is 2.38. The van der Waals surface area contributed by atoms with E-state index in [1.807, 2.05) is 6.92 Å². The minimum atomic E-state index is -0.227. The van der Waals surface area contributed by atoms with Crippen LogP contribution in [0.25, 0.3) is 10.4 Å². The lowest BCUT2D eigenvalue weighted by atomic mass is 10.2. The number of anilines is 1. The molecule has 2 nitrogen and oxygen atoms in total. The van der Waals surface area contributed by atoms with Gasteiger partial charge >= 0.3 is 0 Å². The maximum Gasteiger partial charge on any atom is 0.183 e. The van der Waals surface area contributed by atoms with Crippen molar-refractivity contribution in [2.75, 3.05) is 11.9 Å². The lowest BCUT2D eigenvalue weighted by Crippen LogP contribution is -1.94. The Hall–Kier alpha value is -0.940. The smallest absolute Gasteiger partial charge is 0.183 e. The van der Waals surface area contributed by atoms with Crippen LogP contribution < -0.4 is 5.32 Å². The highest BCUT2D eigenvalue weighted by molar-refractivity contribution is 9.10. The van der Waals surface area contributed by atoms with Gasteiger partial charge in [-0.15, -0.1) is 0 Å². The van der Waals surface area contributed by atoms with E-state index >= 15 is 0 Å². The molecule has 1 N–H and O–H groups in total. The molecule has 0 radical (unpaired) electrons. The molecule has 16 heavy (non-hydrogen) atoms. The summed E-state index contributed by atoms with van der Waals surface area (Å²) in [6, 6.07) is 4.90. The number of rotatable bonds is 3. The zero-order valence-corrected chi connectivity index (χ0v) is 11.0. The predicted molar refractivity (Wildman–Crippen MR) is 69.4 cm³/mol. The van der Waals surface area contributed by atoms with Crippen molar-refractivity contribution in [2.45, 2.75) is 6.92 Å². The Kier molecular flexibility index (Phi) is 3.56. The van der Waals surface area contributed by atoms with Gasteiger partial charge in [-0.2, -0.15) is 0 Å². The first-order chi connectivity index (χ1) is 7.70. The van der Waals surface area contributed by atoms with Crippen LogP contribution in [0.1, 0.15) is 6.92 Å². The summed E-state index contributed by atoms with van der Waals surface area (Å²) in [5.41, 5.74) is 0.580. The van der Waals surface area contributed by atoms with Gasteiger partial charge in [0.1, 0.15) is 5.82 Å². The van der Waals surface area contributed by atoms with Gasteiger partial charge in [0.2, 0.25) is 0 Å². The van der Waals surface area contributed by atoms with Crippen LogP contribution in [0.5, 0.6) is 0 Å². The summed E-state index contributed by atoms with van der Waals surface area (Å²) in [5, 5.41) is 3.92. The summed E-state index contributed by atoms with van der Waals surface area (Å²) in [4.78, 5) is 5.01. The first-order valence-corrected chi connectivity index (χ1v) is 6.46. The third-order valence-electron chi connectivity index (χ3n) is 2.03. The molecule has 1 aromatic carbocycles. The van der Waals surface area contributed by atoms with E-state index in [4.69, 9.17) is 0 Å². The maximum absolute atomic E-state index is 13.6. The highest BCUT2D eigenvalue weighted by Crippen LogP contribution is 2.32. The van der Waals surface area contributed by atoms with Crippen molar-refractivity contribution >= 4 is 32.4 Å². The maximum atomic E-state index is 13.6. The Bertz CT molecular complexity index is 498. The molecule has 0 saturated heterocycles. The first kappa shape index (κ1) is 11.5. The first-order valence-electron chi connectivity index (χ1n) is 4.86. The molecular formula is C11H10BrFN2S. The normalized spacial score (nSPS) is 10.4. The molecule has 0 saturated carbocycles. The fourth-order valence-corrected chi connectivity index (χ4v) is 2.58. The molecule has 2 aromatic rings. The van der Waals surface area contributed by atoms with Crippen LogP contribution in [0.4, 0.5) is 9.52 Å². The SMILES string of the molecule is CCNc1ncc(-c2cc(Br)ccc2F)s1. The van der Waals surface area contributed by atoms with E-state index in [0.717, 1.165) is 21.0 Å². The van der Waals surface area contributed by atoms with Crippen LogP contribution in [0.3, 0.4) is 0 Å². The molecule has 0 fully saturated rings. The summed E-state index contributed by atoms with van der Waals surface area (Å²) in [6.45, 7) is 2.81. The molecule has 0 bridgehead atoms. The molecule has 0 aliphatic heterocycles. The van der Waals surface area contributed by atoms with Crippen molar-refractivity contribution < 1.29 is 4.39 Å². The molecule has 1 aromatic heterocycles. The Morgan fingerprint density at radius 1 is 1.50 bits per heavy atom. The van der Waals surface area contributed by atoms with Crippen molar-refractivity contribution in [2.24, 2.45) is 0 Å². The molecule has 0 spiro atoms. The zero-order valence-electron chi connectivity index (χ0n) is 8.63. The van der Waals surface area contributed by atoms with E-state index in [1.165, 1.54) is 17.4 Å². The summed E-state index contributed by atoms with van der Waals surface area (Å²) in [7, 11) is 0. The van der Waals surface area contributed by atoms with Gasteiger partial charge in [-0.05, 0) is 25.1 Å². The van der Waals surface area contributed by atoms with E-state index in [9.17, 15) is 4.39 Å². The van der Waals surface area contributed by atoms with E-state index in [-0.39, 0.29) is 5.82 Å². The van der Waals surface area contributed by atoms with Gasteiger partial charge in [-0.3, -0.25) is 0 Å². The number of thiazole rings is 1. The predicted octanol–water partition coefficient (Wildman–Crippen LogP) is 4.14. The average Bonchev–Trinajstić information content (AvgIpc) is 2.71. The highest BCUT2D eigenvalue weighted by Gasteiger charge is 2.09. The molecule has 0 amide bonds. The molecule has 84 valence electrons. The lowest BCUT2D eigenvalue weighted by Gasteiger charge is -2.00. The van der Waals surface area contributed by atoms with E-state index in [2.05, 4.69) is 26.2 Å². The minimum Gasteiger partial charge on any atom is -0.362 e. The van der Waals surface area contributed by atoms with Crippen molar-refractivity contribution in [1.29, 1.82) is 0 Å². The number of nitrogens with zero attached hydrogens (tertiary/aromatic N) is 1. The Morgan fingerprint density at radius 2 is 2.31 bits per heavy atom. The lowest BCUT2D eigenvalue weighted by molar-refractivity contribution is 0.631. The monoisotopic (exact) mass is 300 g/mol. The molecular weight excluding hydrogens is 291 g/mol. The second-order valence-electron chi connectivity index (χ2n) is 3.18. The zero-order chi connectivity index (χ0) is 11.5. The van der Waals surface area contributed by atoms with Crippen molar-refractivity contribution in [1.82, 2.24) is 4.98 Å². The van der Waals surface area contributed by atoms with E-state index < -0.39 is 0 Å². The standard InChI is InChI=1S/C11H10BrFN2S/c1-2-14-11-15-6-10(16-11)8-5-7(12)3-4-9(8)13/h3-6H,2H2,1H3,(H,14,15). The van der Waals surface area contributed by atoms with Crippen LogP contribution in [0.2, 0.25) is 0 Å². The van der Waals surface area contributed by atoms with Crippen LogP contribution in [0.15, 0.2) is 28.9 Å². The fourth-order valence-electron chi connectivity index (χ4n) is 1.32. The number of hydrogen-bond acceptors (Lipinski definition) is 3. The molecule has 5 heteroatoms. The van der Waals surface area contributed by atoms with Crippen LogP contribution in [0, 0.1) is 5.82 Å². The number of nitrogens with one attached hydrogen (secondary N) is 1.